The average Bonchev–Trinajstić information content (AvgIpc) is 2.54. The van der Waals surface area contributed by atoms with Crippen molar-refractivity contribution in [2.24, 2.45) is 5.73 Å². The number of aromatic nitrogens is 1. The maximum absolute atomic E-state index is 12.2. The third-order valence-electron chi connectivity index (χ3n) is 3.67. The van der Waals surface area contributed by atoms with Crippen LogP contribution in [-0.4, -0.2) is 35.0 Å². The highest BCUT2D eigenvalue weighted by molar-refractivity contribution is 7.99. The van der Waals surface area contributed by atoms with E-state index in [1.54, 1.807) is 18.3 Å². The number of nitrogens with two attached hydrogens (primary N) is 1. The average molecular weight is 303 g/mol. The summed E-state index contributed by atoms with van der Waals surface area (Å²) in [5, 5.41) is 3.82. The second kappa shape index (κ2) is 8.06. The van der Waals surface area contributed by atoms with Gasteiger partial charge in [-0.25, -0.2) is 4.98 Å². The quantitative estimate of drug-likeness (QED) is 0.836. The molecule has 3 N–H and O–H groups in total. The van der Waals surface area contributed by atoms with Crippen molar-refractivity contribution in [2.75, 3.05) is 12.8 Å². The van der Waals surface area contributed by atoms with E-state index in [1.165, 1.54) is 12.8 Å². The lowest BCUT2D eigenvalue weighted by molar-refractivity contribution is 0.0923. The minimum Gasteiger partial charge on any atom is -0.348 e. The fourth-order valence-electron chi connectivity index (χ4n) is 2.46. The Bertz CT molecular complexity index is 525. The summed E-state index contributed by atoms with van der Waals surface area (Å²) in [7, 11) is 0. The van der Waals surface area contributed by atoms with E-state index in [4.69, 9.17) is 5.73 Å². The van der Waals surface area contributed by atoms with Crippen LogP contribution in [0.4, 0.5) is 0 Å². The highest BCUT2D eigenvalue weighted by Gasteiger charge is 2.22. The van der Waals surface area contributed by atoms with Crippen LogP contribution in [0.3, 0.4) is 0 Å². The summed E-state index contributed by atoms with van der Waals surface area (Å²) < 4.78 is 0. The third-order valence-corrected chi connectivity index (χ3v) is 4.81. The molecule has 0 aliphatic heterocycles. The van der Waals surface area contributed by atoms with Crippen LogP contribution in [0.25, 0.3) is 0 Å². The molecule has 0 saturated heterocycles. The molecule has 1 fully saturated rings. The van der Waals surface area contributed by atoms with Crippen LogP contribution in [0.15, 0.2) is 18.3 Å². The number of hydrogen-bond acceptors (Lipinski definition) is 4. The van der Waals surface area contributed by atoms with E-state index in [0.29, 0.717) is 12.2 Å². The van der Waals surface area contributed by atoms with Crippen molar-refractivity contribution in [1.82, 2.24) is 10.3 Å². The molecule has 2 rings (SSSR count). The standard InChI is InChI=1S/C16H21N3OS/c1-21-14-7-5-13(6-8-14)19-16(20)15-9-4-12(11-18-15)3-2-10-17/h4,9,11,13-14H,5-8,10,17H2,1H3,(H,19,20). The maximum atomic E-state index is 12.2. The van der Waals surface area contributed by atoms with E-state index in [0.717, 1.165) is 23.7 Å². The van der Waals surface area contributed by atoms with Gasteiger partial charge in [0, 0.05) is 23.1 Å². The molecule has 5 heteroatoms. The highest BCUT2D eigenvalue weighted by Crippen LogP contribution is 2.26. The number of nitrogens with one attached hydrogen (secondary N) is 1. The Labute approximate surface area is 130 Å². The first kappa shape index (κ1) is 15.9. The predicted octanol–water partition coefficient (Wildman–Crippen LogP) is 1.80. The summed E-state index contributed by atoms with van der Waals surface area (Å²) in [6.45, 7) is 0.320. The first-order chi connectivity index (χ1) is 10.2. The fraction of sp³-hybridized carbons (Fsp3) is 0.500. The summed E-state index contributed by atoms with van der Waals surface area (Å²) in [6, 6.07) is 3.79. The van der Waals surface area contributed by atoms with Gasteiger partial charge in [-0.05, 0) is 44.1 Å². The van der Waals surface area contributed by atoms with E-state index >= 15 is 0 Å². The Morgan fingerprint density at radius 1 is 1.43 bits per heavy atom. The smallest absolute Gasteiger partial charge is 0.270 e. The van der Waals surface area contributed by atoms with Gasteiger partial charge in [-0.3, -0.25) is 4.79 Å². The molecule has 0 spiro atoms. The number of nitrogens with zero attached hydrogens (tertiary/aromatic N) is 1. The van der Waals surface area contributed by atoms with Gasteiger partial charge in [0.1, 0.15) is 5.69 Å². The largest absolute Gasteiger partial charge is 0.348 e. The SMILES string of the molecule is CSC1CCC(NC(=O)c2ccc(C#CCN)cn2)CC1. The highest BCUT2D eigenvalue weighted by atomic mass is 32.2. The van der Waals surface area contributed by atoms with E-state index in [2.05, 4.69) is 28.4 Å². The Morgan fingerprint density at radius 3 is 2.76 bits per heavy atom. The molecule has 21 heavy (non-hydrogen) atoms. The van der Waals surface area contributed by atoms with Crippen molar-refractivity contribution in [2.45, 2.75) is 37.0 Å². The lowest BCUT2D eigenvalue weighted by atomic mass is 9.95. The normalized spacial score (nSPS) is 21.2. The number of thioether (sulfide) groups is 1. The first-order valence-corrected chi connectivity index (χ1v) is 8.50. The Morgan fingerprint density at radius 2 is 2.19 bits per heavy atom. The lowest BCUT2D eigenvalue weighted by Crippen LogP contribution is -2.38. The summed E-state index contributed by atoms with van der Waals surface area (Å²) >= 11 is 1.92. The Balaban J connectivity index is 1.88. The van der Waals surface area contributed by atoms with Crippen molar-refractivity contribution < 1.29 is 4.79 Å². The van der Waals surface area contributed by atoms with Crippen LogP contribution in [0.1, 0.15) is 41.7 Å². The minimum atomic E-state index is -0.0964. The van der Waals surface area contributed by atoms with Gasteiger partial charge in [0.2, 0.25) is 0 Å². The predicted molar refractivity (Wildman–Crippen MR) is 87.2 cm³/mol. The number of pyridine rings is 1. The van der Waals surface area contributed by atoms with Gasteiger partial charge < -0.3 is 11.1 Å². The topological polar surface area (TPSA) is 68.0 Å². The van der Waals surface area contributed by atoms with Crippen LogP contribution in [-0.2, 0) is 0 Å². The molecule has 1 saturated carbocycles. The molecule has 1 heterocycles. The molecule has 0 bridgehead atoms. The van der Waals surface area contributed by atoms with Crippen molar-refractivity contribution >= 4 is 17.7 Å². The van der Waals surface area contributed by atoms with E-state index in [-0.39, 0.29) is 11.9 Å². The van der Waals surface area contributed by atoms with E-state index < -0.39 is 0 Å². The molecular weight excluding hydrogens is 282 g/mol. The van der Waals surface area contributed by atoms with Crippen LogP contribution in [0.2, 0.25) is 0 Å². The molecule has 1 aliphatic carbocycles. The number of hydrogen-bond donors (Lipinski definition) is 2. The van der Waals surface area contributed by atoms with Gasteiger partial charge >= 0.3 is 0 Å². The zero-order valence-electron chi connectivity index (χ0n) is 12.3. The maximum Gasteiger partial charge on any atom is 0.270 e. The van der Waals surface area contributed by atoms with Crippen LogP contribution in [0.5, 0.6) is 0 Å². The lowest BCUT2D eigenvalue weighted by Gasteiger charge is -2.27. The summed E-state index contributed by atoms with van der Waals surface area (Å²) in [5.41, 5.74) is 6.54. The molecule has 0 aromatic carbocycles. The summed E-state index contributed by atoms with van der Waals surface area (Å²) in [4.78, 5) is 16.3. The van der Waals surface area contributed by atoms with Crippen molar-refractivity contribution in [3.8, 4) is 11.8 Å². The monoisotopic (exact) mass is 303 g/mol. The Kier molecular flexibility index (Phi) is 6.09. The molecule has 1 amide bonds. The molecule has 0 atom stereocenters. The molecule has 0 unspecified atom stereocenters. The van der Waals surface area contributed by atoms with Gasteiger partial charge in [0.15, 0.2) is 0 Å². The molecule has 1 aromatic heterocycles. The zero-order valence-corrected chi connectivity index (χ0v) is 13.1. The molecule has 4 nitrogen and oxygen atoms in total. The second-order valence-corrected chi connectivity index (χ2v) is 6.26. The van der Waals surface area contributed by atoms with Gasteiger partial charge in [-0.1, -0.05) is 11.8 Å². The van der Waals surface area contributed by atoms with Crippen LogP contribution < -0.4 is 11.1 Å². The van der Waals surface area contributed by atoms with Crippen LogP contribution >= 0.6 is 11.8 Å². The minimum absolute atomic E-state index is 0.0964. The van der Waals surface area contributed by atoms with Gasteiger partial charge in [0.05, 0.1) is 6.54 Å². The summed E-state index contributed by atoms with van der Waals surface area (Å²) in [6.07, 6.45) is 8.22. The van der Waals surface area contributed by atoms with E-state index in [9.17, 15) is 4.79 Å². The fourth-order valence-corrected chi connectivity index (χ4v) is 3.20. The van der Waals surface area contributed by atoms with Crippen molar-refractivity contribution in [3.63, 3.8) is 0 Å². The molecule has 1 aromatic rings. The first-order valence-electron chi connectivity index (χ1n) is 7.21. The third kappa shape index (κ3) is 4.76. The number of rotatable bonds is 3. The van der Waals surface area contributed by atoms with Crippen molar-refractivity contribution in [1.29, 1.82) is 0 Å². The van der Waals surface area contributed by atoms with Gasteiger partial charge in [0.25, 0.3) is 5.91 Å². The zero-order chi connectivity index (χ0) is 15.1. The molecular formula is C16H21N3OS. The number of carbonyl (C=O) groups is 1. The van der Waals surface area contributed by atoms with Gasteiger partial charge in [-0.15, -0.1) is 0 Å². The second-order valence-electron chi connectivity index (χ2n) is 5.12. The van der Waals surface area contributed by atoms with E-state index in [1.807, 2.05) is 11.8 Å². The Hall–Kier alpha value is -1.51. The number of carbonyl (C=O) groups excluding carboxylic acids is 1. The van der Waals surface area contributed by atoms with Crippen LogP contribution in [0, 0.1) is 11.8 Å². The summed E-state index contributed by atoms with van der Waals surface area (Å²) in [5.74, 6) is 5.56. The molecule has 112 valence electrons. The van der Waals surface area contributed by atoms with Gasteiger partial charge in [-0.2, -0.15) is 11.8 Å². The molecule has 0 radical (unpaired) electrons. The van der Waals surface area contributed by atoms with Crippen molar-refractivity contribution in [3.05, 3.63) is 29.6 Å². The molecule has 1 aliphatic rings. The number of amides is 1.